The van der Waals surface area contributed by atoms with Gasteiger partial charge in [-0.2, -0.15) is 0 Å². The van der Waals surface area contributed by atoms with Crippen LogP contribution in [0.5, 0.6) is 0 Å². The van der Waals surface area contributed by atoms with Crippen molar-refractivity contribution in [3.05, 3.63) is 11.9 Å². The number of hydrogen-bond donors (Lipinski definition) is 3. The van der Waals surface area contributed by atoms with Crippen LogP contribution in [-0.2, 0) is 11.2 Å². The second-order valence-corrected chi connectivity index (χ2v) is 4.24. The van der Waals surface area contributed by atoms with Crippen molar-refractivity contribution >= 4 is 17.5 Å². The zero-order valence-electron chi connectivity index (χ0n) is 11.9. The second kappa shape index (κ2) is 8.29. The predicted octanol–water partition coefficient (Wildman–Crippen LogP) is 1.41. The molecule has 6 nitrogen and oxygen atoms in total. The number of amides is 1. The summed E-state index contributed by atoms with van der Waals surface area (Å²) in [6, 6.07) is 1.89. The van der Waals surface area contributed by atoms with Gasteiger partial charge in [-0.1, -0.05) is 6.92 Å². The largest absolute Gasteiger partial charge is 0.370 e. The van der Waals surface area contributed by atoms with Gasteiger partial charge in [0.1, 0.15) is 17.5 Å². The van der Waals surface area contributed by atoms with Gasteiger partial charge in [0.05, 0.1) is 0 Å². The van der Waals surface area contributed by atoms with E-state index in [4.69, 9.17) is 0 Å². The first kappa shape index (κ1) is 15.2. The van der Waals surface area contributed by atoms with Crippen LogP contribution >= 0.6 is 0 Å². The van der Waals surface area contributed by atoms with E-state index in [2.05, 4.69) is 32.8 Å². The van der Waals surface area contributed by atoms with E-state index >= 15 is 0 Å². The van der Waals surface area contributed by atoms with E-state index in [1.165, 1.54) is 6.92 Å². The van der Waals surface area contributed by atoms with Crippen LogP contribution in [0.2, 0.25) is 0 Å². The lowest BCUT2D eigenvalue weighted by atomic mass is 10.3. The molecule has 19 heavy (non-hydrogen) atoms. The average Bonchev–Trinajstić information content (AvgIpc) is 2.35. The van der Waals surface area contributed by atoms with Gasteiger partial charge in [0.15, 0.2) is 0 Å². The molecule has 1 amide bonds. The molecule has 106 valence electrons. The Morgan fingerprint density at radius 1 is 1.16 bits per heavy atom. The van der Waals surface area contributed by atoms with E-state index in [9.17, 15) is 4.79 Å². The Labute approximate surface area is 114 Å². The maximum Gasteiger partial charge on any atom is 0.216 e. The molecule has 0 saturated carbocycles. The van der Waals surface area contributed by atoms with Gasteiger partial charge >= 0.3 is 0 Å². The molecule has 0 fully saturated rings. The Hall–Kier alpha value is -1.85. The Kier molecular flexibility index (Phi) is 6.63. The lowest BCUT2D eigenvalue weighted by molar-refractivity contribution is -0.118. The number of carbonyl (C=O) groups excluding carboxylic acids is 1. The zero-order valence-corrected chi connectivity index (χ0v) is 11.9. The standard InChI is InChI=1S/C13H23N5O/c1-4-6-11-17-12(14-5-2)9-13(18-11)16-8-7-15-10(3)19/h9H,4-8H2,1-3H3,(H,15,19)(H2,14,16,17,18). The highest BCUT2D eigenvalue weighted by atomic mass is 16.1. The highest BCUT2D eigenvalue weighted by Crippen LogP contribution is 2.12. The molecule has 0 atom stereocenters. The average molecular weight is 265 g/mol. The fourth-order valence-corrected chi connectivity index (χ4v) is 1.62. The summed E-state index contributed by atoms with van der Waals surface area (Å²) < 4.78 is 0. The minimum Gasteiger partial charge on any atom is -0.370 e. The van der Waals surface area contributed by atoms with Gasteiger partial charge < -0.3 is 16.0 Å². The van der Waals surface area contributed by atoms with Crippen LogP contribution in [0.3, 0.4) is 0 Å². The number of nitrogens with zero attached hydrogens (tertiary/aromatic N) is 2. The van der Waals surface area contributed by atoms with Crippen molar-refractivity contribution in [2.45, 2.75) is 33.6 Å². The Balaban J connectivity index is 2.61. The number of aryl methyl sites for hydroxylation is 1. The van der Waals surface area contributed by atoms with E-state index < -0.39 is 0 Å². The van der Waals surface area contributed by atoms with Crippen LogP contribution in [-0.4, -0.2) is 35.5 Å². The van der Waals surface area contributed by atoms with Crippen LogP contribution in [0, 0.1) is 0 Å². The maximum atomic E-state index is 10.8. The van der Waals surface area contributed by atoms with Crippen molar-refractivity contribution in [3.8, 4) is 0 Å². The topological polar surface area (TPSA) is 78.9 Å². The molecule has 0 saturated heterocycles. The van der Waals surface area contributed by atoms with Crippen molar-refractivity contribution in [1.29, 1.82) is 0 Å². The zero-order chi connectivity index (χ0) is 14.1. The van der Waals surface area contributed by atoms with Crippen molar-refractivity contribution in [1.82, 2.24) is 15.3 Å². The highest BCUT2D eigenvalue weighted by Gasteiger charge is 2.03. The van der Waals surface area contributed by atoms with Crippen LogP contribution in [0.25, 0.3) is 0 Å². The van der Waals surface area contributed by atoms with Gasteiger partial charge in [-0.25, -0.2) is 9.97 Å². The fourth-order valence-electron chi connectivity index (χ4n) is 1.62. The lowest BCUT2D eigenvalue weighted by Crippen LogP contribution is -2.26. The maximum absolute atomic E-state index is 10.8. The molecule has 0 spiro atoms. The molecule has 0 radical (unpaired) electrons. The molecular weight excluding hydrogens is 242 g/mol. The quantitative estimate of drug-likeness (QED) is 0.619. The Morgan fingerprint density at radius 2 is 1.84 bits per heavy atom. The van der Waals surface area contributed by atoms with E-state index in [1.807, 2.05) is 13.0 Å². The summed E-state index contributed by atoms with van der Waals surface area (Å²) in [5, 5.41) is 9.12. The first-order chi connectivity index (χ1) is 9.15. The summed E-state index contributed by atoms with van der Waals surface area (Å²) in [5.41, 5.74) is 0. The highest BCUT2D eigenvalue weighted by molar-refractivity contribution is 5.72. The smallest absolute Gasteiger partial charge is 0.216 e. The third-order valence-electron chi connectivity index (χ3n) is 2.41. The summed E-state index contributed by atoms with van der Waals surface area (Å²) in [6.07, 6.45) is 1.88. The Bertz CT molecular complexity index is 384. The van der Waals surface area contributed by atoms with Crippen molar-refractivity contribution in [2.75, 3.05) is 30.3 Å². The number of anilines is 2. The number of aromatic nitrogens is 2. The van der Waals surface area contributed by atoms with E-state index in [0.29, 0.717) is 13.1 Å². The number of rotatable bonds is 8. The first-order valence-corrected chi connectivity index (χ1v) is 6.75. The van der Waals surface area contributed by atoms with Gasteiger partial charge in [-0.15, -0.1) is 0 Å². The second-order valence-electron chi connectivity index (χ2n) is 4.24. The number of carbonyl (C=O) groups is 1. The summed E-state index contributed by atoms with van der Waals surface area (Å²) in [7, 11) is 0. The van der Waals surface area contributed by atoms with Crippen LogP contribution in [0.1, 0.15) is 33.0 Å². The van der Waals surface area contributed by atoms with Gasteiger partial charge in [0.2, 0.25) is 5.91 Å². The van der Waals surface area contributed by atoms with E-state index in [1.54, 1.807) is 0 Å². The molecule has 1 aromatic heterocycles. The first-order valence-electron chi connectivity index (χ1n) is 6.75. The molecule has 0 aliphatic carbocycles. The molecule has 1 heterocycles. The van der Waals surface area contributed by atoms with Crippen LogP contribution in [0.15, 0.2) is 6.07 Å². The third kappa shape index (κ3) is 6.03. The number of nitrogens with one attached hydrogen (secondary N) is 3. The molecule has 0 unspecified atom stereocenters. The van der Waals surface area contributed by atoms with Crippen molar-refractivity contribution in [3.63, 3.8) is 0 Å². The molecular formula is C13H23N5O. The molecule has 3 N–H and O–H groups in total. The Morgan fingerprint density at radius 3 is 2.42 bits per heavy atom. The monoisotopic (exact) mass is 265 g/mol. The minimum absolute atomic E-state index is 0.0236. The number of hydrogen-bond acceptors (Lipinski definition) is 5. The molecule has 6 heteroatoms. The summed E-state index contributed by atoms with van der Waals surface area (Å²) >= 11 is 0. The van der Waals surface area contributed by atoms with Crippen molar-refractivity contribution < 1.29 is 4.79 Å². The SMILES string of the molecule is CCCc1nc(NCC)cc(NCCNC(C)=O)n1. The van der Waals surface area contributed by atoms with E-state index in [0.717, 1.165) is 36.8 Å². The molecule has 0 aliphatic heterocycles. The lowest BCUT2D eigenvalue weighted by Gasteiger charge is -2.10. The summed E-state index contributed by atoms with van der Waals surface area (Å²) in [5.74, 6) is 2.44. The van der Waals surface area contributed by atoms with Crippen molar-refractivity contribution in [2.24, 2.45) is 0 Å². The summed E-state index contributed by atoms with van der Waals surface area (Å²) in [6.45, 7) is 7.70. The van der Waals surface area contributed by atoms with Gasteiger partial charge in [0, 0.05) is 39.0 Å². The fraction of sp³-hybridized carbons (Fsp3) is 0.615. The predicted molar refractivity (Wildman–Crippen MR) is 77.4 cm³/mol. The third-order valence-corrected chi connectivity index (χ3v) is 2.41. The van der Waals surface area contributed by atoms with Crippen LogP contribution in [0.4, 0.5) is 11.6 Å². The minimum atomic E-state index is -0.0236. The molecule has 0 aliphatic rings. The molecule has 1 rings (SSSR count). The summed E-state index contributed by atoms with van der Waals surface area (Å²) in [4.78, 5) is 19.6. The van der Waals surface area contributed by atoms with Gasteiger partial charge in [0.25, 0.3) is 0 Å². The van der Waals surface area contributed by atoms with Gasteiger partial charge in [-0.3, -0.25) is 4.79 Å². The normalized spacial score (nSPS) is 10.1. The van der Waals surface area contributed by atoms with Gasteiger partial charge in [-0.05, 0) is 13.3 Å². The molecule has 0 aromatic carbocycles. The molecule has 0 bridgehead atoms. The van der Waals surface area contributed by atoms with Crippen LogP contribution < -0.4 is 16.0 Å². The van der Waals surface area contributed by atoms with E-state index in [-0.39, 0.29) is 5.91 Å². The molecule has 1 aromatic rings.